The molecule has 0 spiro atoms. The number of rotatable bonds is 3. The number of Topliss-reactive ketones (excluding diaryl/α,β-unsaturated/α-hetero) is 1. The first-order valence-electron chi connectivity index (χ1n) is 6.11. The maximum absolute atomic E-state index is 11.7. The van der Waals surface area contributed by atoms with Crippen LogP contribution in [0.15, 0.2) is 18.2 Å². The second-order valence-electron chi connectivity index (χ2n) is 4.56. The molecule has 2 rings (SSSR count). The van der Waals surface area contributed by atoms with E-state index >= 15 is 0 Å². The molecule has 2 aromatic rings. The molecule has 1 aromatic heterocycles. The Labute approximate surface area is 121 Å². The van der Waals surface area contributed by atoms with Crippen LogP contribution in [0.3, 0.4) is 0 Å². The molecular formula is C15H15NO3S. The summed E-state index contributed by atoms with van der Waals surface area (Å²) in [6.45, 7) is 5.39. The molecule has 0 saturated carbocycles. The van der Waals surface area contributed by atoms with Crippen LogP contribution in [0.1, 0.15) is 38.2 Å². The molecule has 0 radical (unpaired) electrons. The second kappa shape index (κ2) is 5.54. The largest absolute Gasteiger partial charge is 0.464 e. The van der Waals surface area contributed by atoms with E-state index in [2.05, 4.69) is 9.72 Å². The Hall–Kier alpha value is -2.01. The van der Waals surface area contributed by atoms with E-state index in [1.54, 1.807) is 0 Å². The molecule has 20 heavy (non-hydrogen) atoms. The Kier molecular flexibility index (Phi) is 3.99. The third-order valence-electron chi connectivity index (χ3n) is 2.95. The summed E-state index contributed by atoms with van der Waals surface area (Å²) in [6.07, 6.45) is 0. The summed E-state index contributed by atoms with van der Waals surface area (Å²) in [7, 11) is 1.28. The van der Waals surface area contributed by atoms with Crippen LogP contribution in [0.25, 0.3) is 10.6 Å². The zero-order valence-corrected chi connectivity index (χ0v) is 12.6. The Balaban J connectivity index is 2.61. The summed E-state index contributed by atoms with van der Waals surface area (Å²) < 4.78 is 4.68. The van der Waals surface area contributed by atoms with Gasteiger partial charge < -0.3 is 4.74 Å². The number of ketones is 1. The molecule has 0 aliphatic heterocycles. The van der Waals surface area contributed by atoms with E-state index < -0.39 is 5.97 Å². The summed E-state index contributed by atoms with van der Waals surface area (Å²) in [6, 6.07) is 6.01. The SMILES string of the molecule is COC(=O)c1nc(-c2cc(C)ccc2C)sc1C(C)=O. The van der Waals surface area contributed by atoms with Crippen LogP contribution in [0, 0.1) is 13.8 Å². The number of aromatic nitrogens is 1. The van der Waals surface area contributed by atoms with Crippen molar-refractivity contribution >= 4 is 23.1 Å². The first kappa shape index (κ1) is 14.4. The number of nitrogens with zero attached hydrogens (tertiary/aromatic N) is 1. The van der Waals surface area contributed by atoms with Crippen molar-refractivity contribution in [3.05, 3.63) is 39.9 Å². The minimum atomic E-state index is -0.581. The van der Waals surface area contributed by atoms with Gasteiger partial charge >= 0.3 is 5.97 Å². The number of ether oxygens (including phenoxy) is 1. The molecule has 0 saturated heterocycles. The first-order valence-corrected chi connectivity index (χ1v) is 6.93. The zero-order valence-electron chi connectivity index (χ0n) is 11.8. The van der Waals surface area contributed by atoms with Crippen molar-refractivity contribution in [3.8, 4) is 10.6 Å². The van der Waals surface area contributed by atoms with Gasteiger partial charge in [0.05, 0.1) is 7.11 Å². The topological polar surface area (TPSA) is 56.3 Å². The van der Waals surface area contributed by atoms with Crippen LogP contribution in [0.4, 0.5) is 0 Å². The van der Waals surface area contributed by atoms with E-state index in [9.17, 15) is 9.59 Å². The highest BCUT2D eigenvalue weighted by Crippen LogP contribution is 2.31. The van der Waals surface area contributed by atoms with Crippen molar-refractivity contribution in [1.82, 2.24) is 4.98 Å². The standard InChI is InChI=1S/C15H15NO3S/c1-8-5-6-9(2)11(7-8)14-16-12(15(18)19-4)13(20-14)10(3)17/h5-7H,1-4H3. The second-order valence-corrected chi connectivity index (χ2v) is 5.56. The molecule has 0 aliphatic carbocycles. The van der Waals surface area contributed by atoms with E-state index in [4.69, 9.17) is 0 Å². The van der Waals surface area contributed by atoms with E-state index in [1.165, 1.54) is 25.4 Å². The predicted molar refractivity (Wildman–Crippen MR) is 78.4 cm³/mol. The molecule has 0 N–H and O–H groups in total. The monoisotopic (exact) mass is 289 g/mol. The third kappa shape index (κ3) is 2.63. The van der Waals surface area contributed by atoms with Crippen molar-refractivity contribution < 1.29 is 14.3 Å². The summed E-state index contributed by atoms with van der Waals surface area (Å²) >= 11 is 1.23. The van der Waals surface area contributed by atoms with Gasteiger partial charge in [0, 0.05) is 12.5 Å². The van der Waals surface area contributed by atoms with Gasteiger partial charge in [-0.1, -0.05) is 17.7 Å². The fourth-order valence-corrected chi connectivity index (χ4v) is 2.90. The lowest BCUT2D eigenvalue weighted by Gasteiger charge is -2.03. The Bertz CT molecular complexity index is 688. The van der Waals surface area contributed by atoms with Gasteiger partial charge in [0.2, 0.25) is 0 Å². The van der Waals surface area contributed by atoms with Gasteiger partial charge in [0.1, 0.15) is 9.88 Å². The molecule has 104 valence electrons. The number of aryl methyl sites for hydroxylation is 2. The molecule has 5 heteroatoms. The maximum atomic E-state index is 11.7. The molecule has 0 fully saturated rings. The smallest absolute Gasteiger partial charge is 0.358 e. The maximum Gasteiger partial charge on any atom is 0.358 e. The van der Waals surface area contributed by atoms with E-state index in [-0.39, 0.29) is 11.5 Å². The van der Waals surface area contributed by atoms with Gasteiger partial charge in [0.15, 0.2) is 11.5 Å². The van der Waals surface area contributed by atoms with Crippen molar-refractivity contribution in [1.29, 1.82) is 0 Å². The van der Waals surface area contributed by atoms with Crippen molar-refractivity contribution in [2.75, 3.05) is 7.11 Å². The minimum absolute atomic E-state index is 0.0981. The number of thiazole rings is 1. The Morgan fingerprint density at radius 2 is 1.95 bits per heavy atom. The number of esters is 1. The molecule has 0 atom stereocenters. The molecule has 0 bridgehead atoms. The van der Waals surface area contributed by atoms with Gasteiger partial charge in [-0.2, -0.15) is 0 Å². The van der Waals surface area contributed by atoms with Crippen LogP contribution in [-0.4, -0.2) is 23.8 Å². The third-order valence-corrected chi connectivity index (χ3v) is 4.14. The average Bonchev–Trinajstić information content (AvgIpc) is 2.85. The molecule has 1 aromatic carbocycles. The summed E-state index contributed by atoms with van der Waals surface area (Å²) in [4.78, 5) is 28.0. The van der Waals surface area contributed by atoms with E-state index in [0.717, 1.165) is 16.7 Å². The molecule has 1 heterocycles. The van der Waals surface area contributed by atoms with Gasteiger partial charge in [0.25, 0.3) is 0 Å². The fourth-order valence-electron chi connectivity index (χ4n) is 1.88. The van der Waals surface area contributed by atoms with Crippen LogP contribution in [-0.2, 0) is 4.74 Å². The highest BCUT2D eigenvalue weighted by atomic mass is 32.1. The lowest BCUT2D eigenvalue weighted by atomic mass is 10.1. The highest BCUT2D eigenvalue weighted by molar-refractivity contribution is 7.17. The Morgan fingerprint density at radius 3 is 2.55 bits per heavy atom. The predicted octanol–water partition coefficient (Wildman–Crippen LogP) is 3.42. The minimum Gasteiger partial charge on any atom is -0.464 e. The van der Waals surface area contributed by atoms with Crippen LogP contribution in [0.2, 0.25) is 0 Å². The molecule has 0 amide bonds. The van der Waals surface area contributed by atoms with Crippen molar-refractivity contribution in [2.24, 2.45) is 0 Å². The number of carbonyl (C=O) groups excluding carboxylic acids is 2. The zero-order chi connectivity index (χ0) is 14.9. The van der Waals surface area contributed by atoms with Crippen LogP contribution < -0.4 is 0 Å². The van der Waals surface area contributed by atoms with Crippen LogP contribution >= 0.6 is 11.3 Å². The summed E-state index contributed by atoms with van der Waals surface area (Å²) in [5.41, 5.74) is 3.19. The molecule has 0 unspecified atom stereocenters. The highest BCUT2D eigenvalue weighted by Gasteiger charge is 2.22. The molecule has 4 nitrogen and oxygen atoms in total. The average molecular weight is 289 g/mol. The number of benzene rings is 1. The first-order chi connectivity index (χ1) is 9.43. The fraction of sp³-hybridized carbons (Fsp3) is 0.267. The van der Waals surface area contributed by atoms with E-state index in [0.29, 0.717) is 9.88 Å². The normalized spacial score (nSPS) is 10.4. The molecular weight excluding hydrogens is 274 g/mol. The van der Waals surface area contributed by atoms with Crippen molar-refractivity contribution in [2.45, 2.75) is 20.8 Å². The van der Waals surface area contributed by atoms with Gasteiger partial charge in [-0.15, -0.1) is 11.3 Å². The Morgan fingerprint density at radius 1 is 1.25 bits per heavy atom. The quantitative estimate of drug-likeness (QED) is 0.641. The number of hydrogen-bond acceptors (Lipinski definition) is 5. The van der Waals surface area contributed by atoms with Crippen molar-refractivity contribution in [3.63, 3.8) is 0 Å². The van der Waals surface area contributed by atoms with Crippen LogP contribution in [0.5, 0.6) is 0 Å². The molecule has 0 aliphatic rings. The summed E-state index contributed by atoms with van der Waals surface area (Å²) in [5, 5.41) is 0.664. The lowest BCUT2D eigenvalue weighted by Crippen LogP contribution is -2.06. The number of carbonyl (C=O) groups is 2. The number of methoxy groups -OCH3 is 1. The lowest BCUT2D eigenvalue weighted by molar-refractivity contribution is 0.0591. The number of hydrogen-bond donors (Lipinski definition) is 0. The summed E-state index contributed by atoms with van der Waals surface area (Å²) in [5.74, 6) is -0.762. The van der Waals surface area contributed by atoms with E-state index in [1.807, 2.05) is 32.0 Å². The van der Waals surface area contributed by atoms with Gasteiger partial charge in [-0.3, -0.25) is 4.79 Å². The van der Waals surface area contributed by atoms with Gasteiger partial charge in [-0.05, 0) is 25.5 Å². The van der Waals surface area contributed by atoms with Gasteiger partial charge in [-0.25, -0.2) is 9.78 Å².